The number of benzene rings is 1. The lowest BCUT2D eigenvalue weighted by Crippen LogP contribution is -2.45. The third kappa shape index (κ3) is 6.40. The first-order valence-corrected chi connectivity index (χ1v) is 13.3. The zero-order chi connectivity index (χ0) is 28.9. The van der Waals surface area contributed by atoms with Crippen molar-refractivity contribution in [2.75, 3.05) is 37.9 Å². The Hall–Kier alpha value is -4.65. The van der Waals surface area contributed by atoms with Crippen LogP contribution in [-0.4, -0.2) is 79.9 Å². The maximum Gasteiger partial charge on any atom is 0.232 e. The third-order valence-corrected chi connectivity index (χ3v) is 6.70. The molecule has 2 atom stereocenters. The average molecular weight is 562 g/mol. The van der Waals surface area contributed by atoms with Gasteiger partial charge in [-0.1, -0.05) is 13.0 Å². The van der Waals surface area contributed by atoms with Crippen molar-refractivity contribution in [3.63, 3.8) is 0 Å². The van der Waals surface area contributed by atoms with Crippen LogP contribution in [0.4, 0.5) is 27.4 Å². The molecule has 1 fully saturated rings. The molecule has 1 saturated heterocycles. The second-order valence-corrected chi connectivity index (χ2v) is 9.73. The van der Waals surface area contributed by atoms with E-state index in [-0.39, 0.29) is 11.7 Å². The van der Waals surface area contributed by atoms with Crippen LogP contribution in [0.2, 0.25) is 0 Å². The molecule has 1 aromatic carbocycles. The maximum absolute atomic E-state index is 14.3. The largest absolute Gasteiger partial charge is 0.494 e. The number of likely N-dealkylation sites (tertiary alicyclic amines) is 1. The minimum absolute atomic E-state index is 0.0746. The summed E-state index contributed by atoms with van der Waals surface area (Å²) in [5.41, 5.74) is 2.28. The Balaban J connectivity index is 1.37. The number of Topliss-reactive ketones (excluding diaryl/α,β-unsaturated/α-hetero) is 1. The topological polar surface area (TPSA) is 132 Å². The molecule has 0 spiro atoms. The molecule has 1 aliphatic heterocycles. The summed E-state index contributed by atoms with van der Waals surface area (Å²) in [7, 11) is 5.24. The smallest absolute Gasteiger partial charge is 0.232 e. The van der Waals surface area contributed by atoms with Gasteiger partial charge in [-0.15, -0.1) is 0 Å². The minimum atomic E-state index is -1.09. The van der Waals surface area contributed by atoms with E-state index in [1.54, 1.807) is 38.2 Å². The number of nitrogens with zero attached hydrogens (tertiary/aromatic N) is 7. The van der Waals surface area contributed by atoms with E-state index >= 15 is 0 Å². The fourth-order valence-corrected chi connectivity index (χ4v) is 4.57. The number of alkyl halides is 1. The summed E-state index contributed by atoms with van der Waals surface area (Å²) in [6, 6.07) is 7.28. The van der Waals surface area contributed by atoms with Crippen molar-refractivity contribution < 1.29 is 18.7 Å². The Bertz CT molecular complexity index is 1510. The summed E-state index contributed by atoms with van der Waals surface area (Å²) < 4.78 is 27.4. The van der Waals surface area contributed by atoms with Crippen molar-refractivity contribution in [3.8, 4) is 23.0 Å². The molecule has 5 rings (SSSR count). The average Bonchev–Trinajstić information content (AvgIpc) is 3.41. The number of pyridine rings is 1. The molecule has 13 heteroatoms. The quantitative estimate of drug-likeness (QED) is 0.270. The highest BCUT2D eigenvalue weighted by Gasteiger charge is 2.29. The number of para-hydroxylation sites is 1. The molecule has 0 amide bonds. The summed E-state index contributed by atoms with van der Waals surface area (Å²) >= 11 is 0. The van der Waals surface area contributed by atoms with E-state index in [2.05, 4.69) is 35.7 Å². The highest BCUT2D eigenvalue weighted by molar-refractivity contribution is 6.02. The number of anilines is 4. The SMILES string of the molecule is CCC(=O)c1cnc(Nc2cnc(O[C@@H]3CCN(C)C[C@@H]3F)cn2)cc1Nc1cccc(-c2ncn(C)n2)c1OC. The van der Waals surface area contributed by atoms with Crippen LogP contribution >= 0.6 is 0 Å². The van der Waals surface area contributed by atoms with Crippen LogP contribution in [0.15, 0.2) is 49.2 Å². The predicted octanol–water partition coefficient (Wildman–Crippen LogP) is 4.18. The van der Waals surface area contributed by atoms with E-state index in [0.717, 1.165) is 6.54 Å². The molecular formula is C28H32FN9O3. The van der Waals surface area contributed by atoms with E-state index in [1.165, 1.54) is 18.6 Å². The predicted molar refractivity (Wildman–Crippen MR) is 152 cm³/mol. The van der Waals surface area contributed by atoms with Crippen LogP contribution in [0.1, 0.15) is 30.1 Å². The number of nitrogens with one attached hydrogen (secondary N) is 2. The summed E-state index contributed by atoms with van der Waals surface area (Å²) in [4.78, 5) is 32.1. The molecule has 1 aliphatic rings. The number of aryl methyl sites for hydroxylation is 1. The molecule has 0 radical (unpaired) electrons. The van der Waals surface area contributed by atoms with Crippen LogP contribution in [0, 0.1) is 0 Å². The molecule has 0 bridgehead atoms. The van der Waals surface area contributed by atoms with Gasteiger partial charge < -0.3 is 25.0 Å². The molecule has 3 aromatic heterocycles. The van der Waals surface area contributed by atoms with Crippen molar-refractivity contribution >= 4 is 28.8 Å². The number of methoxy groups -OCH3 is 1. The molecule has 2 N–H and O–H groups in total. The highest BCUT2D eigenvalue weighted by Crippen LogP contribution is 2.37. The lowest BCUT2D eigenvalue weighted by molar-refractivity contribution is 0.0284. The van der Waals surface area contributed by atoms with Gasteiger partial charge in [0, 0.05) is 38.8 Å². The Kier molecular flexibility index (Phi) is 8.34. The van der Waals surface area contributed by atoms with Gasteiger partial charge in [0.2, 0.25) is 5.88 Å². The first-order chi connectivity index (χ1) is 19.8. The lowest BCUT2D eigenvalue weighted by Gasteiger charge is -2.31. The van der Waals surface area contributed by atoms with Gasteiger partial charge in [-0.05, 0) is 25.6 Å². The Morgan fingerprint density at radius 3 is 2.59 bits per heavy atom. The van der Waals surface area contributed by atoms with E-state index in [9.17, 15) is 9.18 Å². The first kappa shape index (κ1) is 27.9. The second kappa shape index (κ2) is 12.3. The molecule has 0 saturated carbocycles. The van der Waals surface area contributed by atoms with E-state index in [0.29, 0.717) is 65.1 Å². The highest BCUT2D eigenvalue weighted by atomic mass is 19.1. The Morgan fingerprint density at radius 1 is 1.07 bits per heavy atom. The van der Waals surface area contributed by atoms with Crippen molar-refractivity contribution in [1.82, 2.24) is 34.6 Å². The molecule has 41 heavy (non-hydrogen) atoms. The summed E-state index contributed by atoms with van der Waals surface area (Å²) in [6.45, 7) is 2.88. The van der Waals surface area contributed by atoms with Crippen LogP contribution in [0.5, 0.6) is 11.6 Å². The van der Waals surface area contributed by atoms with Crippen molar-refractivity contribution in [2.45, 2.75) is 32.0 Å². The molecule has 0 unspecified atom stereocenters. The van der Waals surface area contributed by atoms with Crippen LogP contribution in [-0.2, 0) is 7.05 Å². The van der Waals surface area contributed by atoms with E-state index in [4.69, 9.17) is 9.47 Å². The second-order valence-electron chi connectivity index (χ2n) is 9.73. The number of carbonyl (C=O) groups is 1. The van der Waals surface area contributed by atoms with Crippen LogP contribution in [0.3, 0.4) is 0 Å². The number of piperidine rings is 1. The number of aromatic nitrogens is 6. The van der Waals surface area contributed by atoms with Crippen molar-refractivity contribution in [3.05, 3.63) is 54.7 Å². The van der Waals surface area contributed by atoms with Gasteiger partial charge >= 0.3 is 0 Å². The van der Waals surface area contributed by atoms with Crippen molar-refractivity contribution in [1.29, 1.82) is 0 Å². The van der Waals surface area contributed by atoms with Gasteiger partial charge in [0.05, 0.1) is 42.0 Å². The summed E-state index contributed by atoms with van der Waals surface area (Å²) in [5.74, 6) is 2.06. The number of ketones is 1. The minimum Gasteiger partial charge on any atom is -0.494 e. The van der Waals surface area contributed by atoms with Gasteiger partial charge in [-0.2, -0.15) is 5.10 Å². The zero-order valence-electron chi connectivity index (χ0n) is 23.3. The molecule has 4 aromatic rings. The number of rotatable bonds is 10. The number of halogens is 1. The Morgan fingerprint density at radius 2 is 1.90 bits per heavy atom. The number of ether oxygens (including phenoxy) is 2. The standard InChI is InChI=1S/C28H32FN9O3/c1-5-22(39)18-12-30-24(35-25-13-32-26(14-31-25)41-23-9-10-37(2)15-19(23)29)11-21(18)34-20-8-6-7-17(27(20)40-4)28-33-16-38(3)36-28/h6-8,11-14,16,19,23H,5,9-10,15H2,1-4H3,(H2,30,31,34,35)/t19-,23+/m0/s1. The van der Waals surface area contributed by atoms with Crippen LogP contribution in [0.25, 0.3) is 11.4 Å². The van der Waals surface area contributed by atoms with Gasteiger partial charge in [0.15, 0.2) is 17.4 Å². The lowest BCUT2D eigenvalue weighted by atomic mass is 10.1. The zero-order valence-corrected chi connectivity index (χ0v) is 23.3. The van der Waals surface area contributed by atoms with E-state index < -0.39 is 12.3 Å². The van der Waals surface area contributed by atoms with Crippen molar-refractivity contribution in [2.24, 2.45) is 7.05 Å². The Labute approximate surface area is 237 Å². The van der Waals surface area contributed by atoms with Gasteiger partial charge in [-0.25, -0.2) is 24.3 Å². The summed E-state index contributed by atoms with van der Waals surface area (Å²) in [6.07, 6.45) is 5.31. The molecular weight excluding hydrogens is 529 g/mol. The fourth-order valence-electron chi connectivity index (χ4n) is 4.57. The first-order valence-electron chi connectivity index (χ1n) is 13.3. The molecule has 4 heterocycles. The third-order valence-electron chi connectivity index (χ3n) is 6.70. The van der Waals surface area contributed by atoms with Crippen LogP contribution < -0.4 is 20.1 Å². The van der Waals surface area contributed by atoms with Gasteiger partial charge in [-0.3, -0.25) is 9.48 Å². The number of carbonyl (C=O) groups excluding carboxylic acids is 1. The van der Waals surface area contributed by atoms with E-state index in [1.807, 2.05) is 30.1 Å². The summed E-state index contributed by atoms with van der Waals surface area (Å²) in [5, 5.41) is 10.8. The van der Waals surface area contributed by atoms with Gasteiger partial charge in [0.25, 0.3) is 0 Å². The van der Waals surface area contributed by atoms with Gasteiger partial charge in [0.1, 0.15) is 30.2 Å². The normalized spacial score (nSPS) is 17.2. The number of hydrogen-bond donors (Lipinski definition) is 2. The monoisotopic (exact) mass is 561 g/mol. The maximum atomic E-state index is 14.3. The molecule has 12 nitrogen and oxygen atoms in total. The molecule has 0 aliphatic carbocycles. The molecule has 214 valence electrons. The fraction of sp³-hybridized carbons (Fsp3) is 0.357. The number of hydrogen-bond acceptors (Lipinski definition) is 11.